The Bertz CT molecular complexity index is 1270. The van der Waals surface area contributed by atoms with Gasteiger partial charge in [0.2, 0.25) is 11.8 Å². The van der Waals surface area contributed by atoms with E-state index in [-0.39, 0.29) is 41.4 Å². The first-order chi connectivity index (χ1) is 18.4. The van der Waals surface area contributed by atoms with Crippen molar-refractivity contribution >= 4 is 23.5 Å². The Morgan fingerprint density at radius 3 is 2.58 bits per heavy atom. The van der Waals surface area contributed by atoms with Gasteiger partial charge in [-0.2, -0.15) is 0 Å². The van der Waals surface area contributed by atoms with Gasteiger partial charge in [-0.3, -0.25) is 14.5 Å². The number of carbonyl (C=O) groups excluding carboxylic acids is 2. The van der Waals surface area contributed by atoms with Gasteiger partial charge >= 0.3 is 0 Å². The number of imide groups is 1. The van der Waals surface area contributed by atoms with Gasteiger partial charge in [0.15, 0.2) is 11.6 Å². The molecule has 1 N–H and O–H groups in total. The molecule has 5 nitrogen and oxygen atoms in total. The van der Waals surface area contributed by atoms with E-state index in [1.165, 1.54) is 28.2 Å². The minimum absolute atomic E-state index is 0.00613. The van der Waals surface area contributed by atoms with Gasteiger partial charge in [0.05, 0.1) is 24.5 Å². The number of fused-ring (bicyclic) bond motifs is 3. The highest BCUT2D eigenvalue weighted by Crippen LogP contribution is 2.50. The van der Waals surface area contributed by atoms with E-state index in [0.717, 1.165) is 36.8 Å². The van der Waals surface area contributed by atoms with Gasteiger partial charge in [0.1, 0.15) is 0 Å². The highest BCUT2D eigenvalue weighted by atomic mass is 19.1. The molecule has 2 aromatic rings. The molecule has 1 aliphatic carbocycles. The van der Waals surface area contributed by atoms with Crippen molar-refractivity contribution < 1.29 is 23.8 Å². The Morgan fingerprint density at radius 2 is 1.87 bits per heavy atom. The summed E-state index contributed by atoms with van der Waals surface area (Å²) in [6, 6.07) is 14.4. The lowest BCUT2D eigenvalue weighted by atomic mass is 9.68. The molecule has 0 bridgehead atoms. The number of hydrogen-bond donors (Lipinski definition) is 1. The zero-order chi connectivity index (χ0) is 26.8. The minimum atomic E-state index is -0.646. The maximum absolute atomic E-state index is 14.0. The first kappa shape index (κ1) is 26.4. The highest BCUT2D eigenvalue weighted by Gasteiger charge is 2.56. The van der Waals surface area contributed by atoms with Gasteiger partial charge in [0.25, 0.3) is 0 Å². The van der Waals surface area contributed by atoms with Gasteiger partial charge in [-0.25, -0.2) is 4.39 Å². The van der Waals surface area contributed by atoms with Crippen LogP contribution >= 0.6 is 0 Å². The molecule has 3 aliphatic rings. The van der Waals surface area contributed by atoms with Crippen LogP contribution in [0.4, 0.5) is 4.39 Å². The summed E-state index contributed by atoms with van der Waals surface area (Å²) in [5.74, 6) is -1.63. The second-order valence-electron chi connectivity index (χ2n) is 10.7. The third-order valence-corrected chi connectivity index (χ3v) is 8.23. The van der Waals surface area contributed by atoms with Crippen LogP contribution in [0.1, 0.15) is 63.5 Å². The summed E-state index contributed by atoms with van der Waals surface area (Å²) >= 11 is 0. The molecule has 2 fully saturated rings. The number of nitrogens with zero attached hydrogens (tertiary/aromatic N) is 1. The molecule has 0 aromatic heterocycles. The third kappa shape index (κ3) is 4.94. The van der Waals surface area contributed by atoms with Gasteiger partial charge < -0.3 is 9.84 Å². The largest absolute Gasteiger partial charge is 0.505 e. The molecule has 2 aromatic carbocycles. The summed E-state index contributed by atoms with van der Waals surface area (Å²) in [6.07, 6.45) is 6.62. The fraction of sp³-hybridized carbons (Fsp3) is 0.438. The predicted octanol–water partition coefficient (Wildman–Crippen LogP) is 6.38. The maximum atomic E-state index is 14.0. The van der Waals surface area contributed by atoms with E-state index in [4.69, 9.17) is 4.74 Å². The smallest absolute Gasteiger partial charge is 0.233 e. The fourth-order valence-corrected chi connectivity index (χ4v) is 6.57. The normalized spacial score (nSPS) is 25.2. The van der Waals surface area contributed by atoms with Crippen LogP contribution in [0.3, 0.4) is 0 Å². The molecule has 2 heterocycles. The molecular weight excluding hydrogens is 481 g/mol. The van der Waals surface area contributed by atoms with Crippen LogP contribution < -0.4 is 0 Å². The summed E-state index contributed by atoms with van der Waals surface area (Å²) in [5.41, 5.74) is 5.33. The van der Waals surface area contributed by atoms with E-state index in [2.05, 4.69) is 6.92 Å². The van der Waals surface area contributed by atoms with Crippen molar-refractivity contribution in [1.29, 1.82) is 0 Å². The van der Waals surface area contributed by atoms with E-state index >= 15 is 0 Å². The number of hydrogen-bond acceptors (Lipinski definition) is 4. The molecule has 0 spiro atoms. The van der Waals surface area contributed by atoms with Crippen molar-refractivity contribution in [2.75, 3.05) is 13.2 Å². The summed E-state index contributed by atoms with van der Waals surface area (Å²) in [7, 11) is 0. The van der Waals surface area contributed by atoms with Crippen LogP contribution in [-0.4, -0.2) is 41.1 Å². The van der Waals surface area contributed by atoms with Crippen molar-refractivity contribution in [2.24, 2.45) is 17.8 Å². The number of likely N-dealkylation sites (tertiary alicyclic amines) is 1. The predicted molar refractivity (Wildman–Crippen MR) is 145 cm³/mol. The summed E-state index contributed by atoms with van der Waals surface area (Å²) in [6.45, 7) is 5.11. The molecule has 200 valence electrons. The number of rotatable bonds is 9. The molecule has 6 heteroatoms. The average Bonchev–Trinajstić information content (AvgIpc) is 3.44. The SMILES string of the molecule is CCCC1=C2[C@@H](CC/C(=C/c3ccc(O)c(F)c3)c3ccccc3)OC[C@@H]2[C@@H]2C(=O)N(CCC)C(=O)[C@@H]2C1. The third-order valence-electron chi connectivity index (χ3n) is 8.23. The summed E-state index contributed by atoms with van der Waals surface area (Å²) in [4.78, 5) is 28.0. The maximum Gasteiger partial charge on any atom is 0.233 e. The molecular formula is C32H36FNO4. The molecule has 2 amide bonds. The quantitative estimate of drug-likeness (QED) is 0.238. The average molecular weight is 518 g/mol. The number of carbonyl (C=O) groups is 2. The van der Waals surface area contributed by atoms with Crippen molar-refractivity contribution in [3.63, 3.8) is 0 Å². The molecule has 38 heavy (non-hydrogen) atoms. The first-order valence-corrected chi connectivity index (χ1v) is 13.9. The number of phenols is 1. The topological polar surface area (TPSA) is 66.8 Å². The van der Waals surface area contributed by atoms with Crippen molar-refractivity contribution in [3.8, 4) is 5.75 Å². The molecule has 5 rings (SSSR count). The Balaban J connectivity index is 1.42. The van der Waals surface area contributed by atoms with Crippen molar-refractivity contribution in [3.05, 3.63) is 76.6 Å². The van der Waals surface area contributed by atoms with Gasteiger partial charge in [-0.1, -0.05) is 68.3 Å². The fourth-order valence-electron chi connectivity index (χ4n) is 6.57. The Labute approximate surface area is 224 Å². The zero-order valence-corrected chi connectivity index (χ0v) is 22.2. The van der Waals surface area contributed by atoms with Gasteiger partial charge in [-0.15, -0.1) is 0 Å². The zero-order valence-electron chi connectivity index (χ0n) is 22.2. The Kier molecular flexibility index (Phi) is 7.80. The van der Waals surface area contributed by atoms with E-state index in [1.807, 2.05) is 43.3 Å². The van der Waals surface area contributed by atoms with Crippen LogP contribution in [-0.2, 0) is 14.3 Å². The van der Waals surface area contributed by atoms with E-state index < -0.39 is 5.82 Å². The summed E-state index contributed by atoms with van der Waals surface area (Å²) in [5, 5.41) is 9.60. The molecule has 4 atom stereocenters. The van der Waals surface area contributed by atoms with Gasteiger partial charge in [0, 0.05) is 12.5 Å². The molecule has 2 saturated heterocycles. The van der Waals surface area contributed by atoms with Crippen LogP contribution in [0.25, 0.3) is 11.6 Å². The monoisotopic (exact) mass is 517 g/mol. The second-order valence-corrected chi connectivity index (χ2v) is 10.7. The van der Waals surface area contributed by atoms with Crippen LogP contribution in [0.2, 0.25) is 0 Å². The molecule has 0 unspecified atom stereocenters. The number of amides is 2. The molecule has 2 aliphatic heterocycles. The number of halogens is 1. The standard InChI is InChI=1S/C32H36FNO4/c1-3-8-23-18-24-30(32(37)34(15-4-2)31(24)36)25-19-38-28(29(23)25)14-12-22(21-9-6-5-7-10-21)16-20-11-13-27(35)26(33)17-20/h5-7,9-11,13,16-17,24-25,28,30,35H,3-4,8,12,14-15,18-19H2,1-2H3/b22-16-/t24-,25+,28-,30-/m1/s1. The lowest BCUT2D eigenvalue weighted by Crippen LogP contribution is -2.34. The van der Waals surface area contributed by atoms with E-state index in [9.17, 15) is 19.1 Å². The molecule has 0 radical (unpaired) electrons. The summed E-state index contributed by atoms with van der Waals surface area (Å²) < 4.78 is 20.4. The number of phenolic OH excluding ortho intramolecular Hbond substituents is 1. The van der Waals surface area contributed by atoms with E-state index in [1.54, 1.807) is 6.07 Å². The number of aromatic hydroxyl groups is 1. The highest BCUT2D eigenvalue weighted by molar-refractivity contribution is 6.06. The lowest BCUT2D eigenvalue weighted by Gasteiger charge is -2.32. The Morgan fingerprint density at radius 1 is 1.08 bits per heavy atom. The van der Waals surface area contributed by atoms with Gasteiger partial charge in [-0.05, 0) is 66.5 Å². The van der Waals surface area contributed by atoms with Crippen LogP contribution in [0.15, 0.2) is 59.7 Å². The first-order valence-electron chi connectivity index (χ1n) is 13.9. The Hall–Kier alpha value is -3.25. The second kappa shape index (κ2) is 11.2. The van der Waals surface area contributed by atoms with Crippen molar-refractivity contribution in [1.82, 2.24) is 4.90 Å². The van der Waals surface area contributed by atoms with Crippen molar-refractivity contribution in [2.45, 2.75) is 58.5 Å². The van der Waals surface area contributed by atoms with E-state index in [0.29, 0.717) is 31.6 Å². The van der Waals surface area contributed by atoms with Crippen LogP contribution in [0.5, 0.6) is 5.75 Å². The number of benzene rings is 2. The number of ether oxygens (including phenoxy) is 1. The molecule has 0 saturated carbocycles. The minimum Gasteiger partial charge on any atom is -0.505 e. The number of allylic oxidation sites excluding steroid dienone is 2. The lowest BCUT2D eigenvalue weighted by molar-refractivity contribution is -0.140. The van der Waals surface area contributed by atoms with Crippen LogP contribution in [0, 0.1) is 23.6 Å².